The first-order valence-electron chi connectivity index (χ1n) is 4.56. The summed E-state index contributed by atoms with van der Waals surface area (Å²) in [4.78, 5) is 34.2. The minimum Gasteiger partial charge on any atom is -0.298 e. The van der Waals surface area contributed by atoms with Crippen LogP contribution in [0.2, 0.25) is 0 Å². The number of carbonyl (C=O) groups excluding carboxylic acids is 1. The Morgan fingerprint density at radius 1 is 1.53 bits per heavy atom. The second-order valence-electron chi connectivity index (χ2n) is 3.39. The zero-order valence-electron chi connectivity index (χ0n) is 8.23. The molecule has 0 amide bonds. The van der Waals surface area contributed by atoms with E-state index >= 15 is 0 Å². The van der Waals surface area contributed by atoms with Crippen molar-refractivity contribution in [2.24, 2.45) is 0 Å². The fourth-order valence-corrected chi connectivity index (χ4v) is 2.52. The van der Waals surface area contributed by atoms with Gasteiger partial charge >= 0.3 is 5.69 Å². The van der Waals surface area contributed by atoms with E-state index in [-0.39, 0.29) is 18.0 Å². The lowest BCUT2D eigenvalue weighted by molar-refractivity contribution is -0.117. The minimum atomic E-state index is -0.393. The van der Waals surface area contributed by atoms with Crippen LogP contribution in [0.5, 0.6) is 0 Å². The maximum atomic E-state index is 11.8. The number of hydrogen-bond acceptors (Lipinski definition) is 4. The number of aromatic nitrogens is 2. The lowest BCUT2D eigenvalue weighted by Crippen LogP contribution is -2.40. The standard InChI is InChI=1S/C9H10N2O3S/c1-6(12)5-11-7(13)4-8-10(9(11)14)2-3-15-8/h4H,2-3,5H2,1H3. The molecule has 2 heterocycles. The summed E-state index contributed by atoms with van der Waals surface area (Å²) in [5.41, 5.74) is -0.770. The molecular weight excluding hydrogens is 216 g/mol. The number of nitrogens with zero attached hydrogens (tertiary/aromatic N) is 2. The monoisotopic (exact) mass is 226 g/mol. The number of carbonyl (C=O) groups is 1. The molecule has 0 radical (unpaired) electrons. The van der Waals surface area contributed by atoms with Crippen LogP contribution in [-0.2, 0) is 17.9 Å². The van der Waals surface area contributed by atoms with E-state index in [1.807, 2.05) is 0 Å². The highest BCUT2D eigenvalue weighted by atomic mass is 32.2. The van der Waals surface area contributed by atoms with E-state index in [1.54, 1.807) is 0 Å². The molecule has 15 heavy (non-hydrogen) atoms. The second-order valence-corrected chi connectivity index (χ2v) is 4.51. The van der Waals surface area contributed by atoms with Crippen LogP contribution in [0.4, 0.5) is 0 Å². The third-order valence-corrected chi connectivity index (χ3v) is 3.21. The predicted octanol–water partition coefficient (Wildman–Crippen LogP) is -0.295. The van der Waals surface area contributed by atoms with Gasteiger partial charge in [-0.2, -0.15) is 0 Å². The molecule has 0 aliphatic carbocycles. The van der Waals surface area contributed by atoms with Crippen LogP contribution >= 0.6 is 11.8 Å². The number of ketones is 1. The van der Waals surface area contributed by atoms with Crippen LogP contribution in [0.15, 0.2) is 20.7 Å². The molecular formula is C9H10N2O3S. The van der Waals surface area contributed by atoms with Crippen LogP contribution in [0.3, 0.4) is 0 Å². The summed E-state index contributed by atoms with van der Waals surface area (Å²) in [6.45, 7) is 1.83. The number of Topliss-reactive ketones (excluding diaryl/α,β-unsaturated/α-hetero) is 1. The Labute approximate surface area is 89.7 Å². The van der Waals surface area contributed by atoms with E-state index in [4.69, 9.17) is 0 Å². The summed E-state index contributed by atoms with van der Waals surface area (Å²) in [7, 11) is 0. The third kappa shape index (κ3) is 1.77. The molecule has 0 fully saturated rings. The van der Waals surface area contributed by atoms with Gasteiger partial charge in [0, 0.05) is 18.4 Å². The topological polar surface area (TPSA) is 61.1 Å². The second kappa shape index (κ2) is 3.69. The van der Waals surface area contributed by atoms with Crippen LogP contribution in [0.1, 0.15) is 6.92 Å². The highest BCUT2D eigenvalue weighted by Crippen LogP contribution is 2.20. The molecule has 2 rings (SSSR count). The molecule has 1 aromatic heterocycles. The van der Waals surface area contributed by atoms with E-state index in [0.29, 0.717) is 11.6 Å². The van der Waals surface area contributed by atoms with E-state index in [2.05, 4.69) is 0 Å². The maximum absolute atomic E-state index is 11.8. The summed E-state index contributed by atoms with van der Waals surface area (Å²) >= 11 is 1.49. The Balaban J connectivity index is 2.61. The van der Waals surface area contributed by atoms with Crippen LogP contribution < -0.4 is 11.2 Å². The summed E-state index contributed by atoms with van der Waals surface area (Å²) < 4.78 is 2.52. The maximum Gasteiger partial charge on any atom is 0.332 e. The van der Waals surface area contributed by atoms with Crippen molar-refractivity contribution < 1.29 is 4.79 Å². The van der Waals surface area contributed by atoms with Gasteiger partial charge in [-0.25, -0.2) is 4.79 Å². The zero-order valence-corrected chi connectivity index (χ0v) is 9.04. The van der Waals surface area contributed by atoms with E-state index in [1.165, 1.54) is 29.3 Å². The third-order valence-electron chi connectivity index (χ3n) is 2.19. The number of rotatable bonds is 2. The van der Waals surface area contributed by atoms with Gasteiger partial charge in [-0.15, -0.1) is 11.8 Å². The van der Waals surface area contributed by atoms with Crippen molar-refractivity contribution in [3.63, 3.8) is 0 Å². The molecule has 1 aromatic rings. The van der Waals surface area contributed by atoms with Crippen LogP contribution in [0.25, 0.3) is 0 Å². The Morgan fingerprint density at radius 3 is 2.93 bits per heavy atom. The molecule has 0 spiro atoms. The van der Waals surface area contributed by atoms with Crippen molar-refractivity contribution in [2.75, 3.05) is 5.75 Å². The Kier molecular flexibility index (Phi) is 2.52. The number of thioether (sulfide) groups is 1. The smallest absolute Gasteiger partial charge is 0.298 e. The molecule has 1 aliphatic heterocycles. The van der Waals surface area contributed by atoms with Crippen molar-refractivity contribution >= 4 is 17.5 Å². The molecule has 0 N–H and O–H groups in total. The van der Waals surface area contributed by atoms with Crippen LogP contribution in [0, 0.1) is 0 Å². The first kappa shape index (κ1) is 10.2. The lowest BCUT2D eigenvalue weighted by atomic mass is 10.4. The van der Waals surface area contributed by atoms with Crippen molar-refractivity contribution in [1.82, 2.24) is 9.13 Å². The molecule has 0 saturated carbocycles. The SMILES string of the molecule is CC(=O)Cn1c(=O)cc2n(c1=O)CCS2. The Hall–Kier alpha value is -1.30. The van der Waals surface area contributed by atoms with Crippen LogP contribution in [-0.4, -0.2) is 20.7 Å². The molecule has 0 unspecified atom stereocenters. The lowest BCUT2D eigenvalue weighted by Gasteiger charge is -2.06. The molecule has 0 saturated heterocycles. The van der Waals surface area contributed by atoms with Gasteiger partial charge in [0.1, 0.15) is 5.78 Å². The number of fused-ring (bicyclic) bond motifs is 1. The van der Waals surface area contributed by atoms with E-state index < -0.39 is 5.56 Å². The highest BCUT2D eigenvalue weighted by molar-refractivity contribution is 7.99. The Bertz CT molecular complexity index is 529. The van der Waals surface area contributed by atoms with E-state index in [9.17, 15) is 14.4 Å². The largest absolute Gasteiger partial charge is 0.332 e. The van der Waals surface area contributed by atoms with Crippen molar-refractivity contribution in [3.8, 4) is 0 Å². The molecule has 0 atom stereocenters. The molecule has 1 aliphatic rings. The summed E-state index contributed by atoms with van der Waals surface area (Å²) in [6, 6.07) is 1.42. The fraction of sp³-hybridized carbons (Fsp3) is 0.444. The molecule has 80 valence electrons. The zero-order chi connectivity index (χ0) is 11.0. The van der Waals surface area contributed by atoms with Gasteiger partial charge in [-0.1, -0.05) is 0 Å². The molecule has 6 heteroatoms. The average molecular weight is 226 g/mol. The van der Waals surface area contributed by atoms with Crippen molar-refractivity contribution in [2.45, 2.75) is 25.0 Å². The molecule has 0 bridgehead atoms. The fourth-order valence-electron chi connectivity index (χ4n) is 1.53. The normalized spacial score (nSPS) is 13.9. The molecule has 5 nitrogen and oxygen atoms in total. The van der Waals surface area contributed by atoms with Gasteiger partial charge in [0.05, 0.1) is 11.6 Å². The Morgan fingerprint density at radius 2 is 2.27 bits per heavy atom. The average Bonchev–Trinajstić information content (AvgIpc) is 2.59. The highest BCUT2D eigenvalue weighted by Gasteiger charge is 2.16. The van der Waals surface area contributed by atoms with Crippen molar-refractivity contribution in [3.05, 3.63) is 26.9 Å². The van der Waals surface area contributed by atoms with E-state index in [0.717, 1.165) is 10.3 Å². The minimum absolute atomic E-state index is 0.136. The molecule has 0 aromatic carbocycles. The summed E-state index contributed by atoms with van der Waals surface area (Å²) in [5, 5.41) is 0.699. The van der Waals surface area contributed by atoms with Gasteiger partial charge in [-0.05, 0) is 6.92 Å². The van der Waals surface area contributed by atoms with Gasteiger partial charge < -0.3 is 0 Å². The van der Waals surface area contributed by atoms with Gasteiger partial charge in [0.2, 0.25) is 0 Å². The van der Waals surface area contributed by atoms with Gasteiger partial charge in [0.25, 0.3) is 5.56 Å². The number of hydrogen-bond donors (Lipinski definition) is 0. The van der Waals surface area contributed by atoms with Gasteiger partial charge in [-0.3, -0.25) is 18.7 Å². The van der Waals surface area contributed by atoms with Crippen molar-refractivity contribution in [1.29, 1.82) is 0 Å². The summed E-state index contributed by atoms with van der Waals surface area (Å²) in [5.74, 6) is 0.610. The van der Waals surface area contributed by atoms with Gasteiger partial charge in [0.15, 0.2) is 0 Å². The first-order valence-corrected chi connectivity index (χ1v) is 5.55. The predicted molar refractivity (Wildman–Crippen MR) is 56.4 cm³/mol. The quantitative estimate of drug-likeness (QED) is 0.650. The summed E-state index contributed by atoms with van der Waals surface area (Å²) in [6.07, 6.45) is 0. The first-order chi connectivity index (χ1) is 7.09.